The summed E-state index contributed by atoms with van der Waals surface area (Å²) in [4.78, 5) is 24.6. The second-order valence-corrected chi connectivity index (χ2v) is 6.93. The van der Waals surface area contributed by atoms with Crippen LogP contribution in [0.1, 0.15) is 28.0 Å². The molecule has 30 heavy (non-hydrogen) atoms. The van der Waals surface area contributed by atoms with Crippen LogP contribution in [0.25, 0.3) is 0 Å². The molecule has 0 radical (unpaired) electrons. The molecular formula is C23H26N4O3. The molecule has 2 N–H and O–H groups in total. The Kier molecular flexibility index (Phi) is 7.21. The van der Waals surface area contributed by atoms with Gasteiger partial charge >= 0.3 is 0 Å². The number of aromatic nitrogens is 2. The van der Waals surface area contributed by atoms with E-state index in [2.05, 4.69) is 15.7 Å². The van der Waals surface area contributed by atoms with Crippen LogP contribution in [0.4, 0.5) is 5.82 Å². The fourth-order valence-corrected chi connectivity index (χ4v) is 3.01. The van der Waals surface area contributed by atoms with Crippen molar-refractivity contribution in [1.82, 2.24) is 15.1 Å². The van der Waals surface area contributed by atoms with Crippen molar-refractivity contribution in [2.45, 2.75) is 19.3 Å². The Labute approximate surface area is 176 Å². The van der Waals surface area contributed by atoms with Gasteiger partial charge in [-0.15, -0.1) is 0 Å². The molecule has 0 aliphatic rings. The summed E-state index contributed by atoms with van der Waals surface area (Å²) >= 11 is 0. The second kappa shape index (κ2) is 10.2. The zero-order valence-electron chi connectivity index (χ0n) is 17.2. The second-order valence-electron chi connectivity index (χ2n) is 6.93. The third-order valence-corrected chi connectivity index (χ3v) is 4.72. The fraction of sp³-hybridized carbons (Fsp3) is 0.261. The number of hydrogen-bond acceptors (Lipinski definition) is 4. The summed E-state index contributed by atoms with van der Waals surface area (Å²) in [5.74, 6) is 0.903. The molecule has 0 saturated carbocycles. The highest BCUT2D eigenvalue weighted by Crippen LogP contribution is 2.12. The van der Waals surface area contributed by atoms with Crippen LogP contribution in [-0.2, 0) is 24.7 Å². The molecule has 3 aromatic rings. The molecule has 1 aromatic heterocycles. The summed E-state index contributed by atoms with van der Waals surface area (Å²) in [7, 11) is 3.32. The Hall–Kier alpha value is -3.61. The van der Waals surface area contributed by atoms with E-state index in [4.69, 9.17) is 4.74 Å². The summed E-state index contributed by atoms with van der Waals surface area (Å²) in [5, 5.41) is 9.88. The quantitative estimate of drug-likeness (QED) is 0.572. The number of methoxy groups -OCH3 is 1. The smallest absolute Gasteiger partial charge is 0.271 e. The molecule has 3 rings (SSSR count). The Morgan fingerprint density at radius 2 is 1.70 bits per heavy atom. The number of carbonyl (C=O) groups is 2. The van der Waals surface area contributed by atoms with Gasteiger partial charge < -0.3 is 15.4 Å². The molecule has 0 unspecified atom stereocenters. The minimum absolute atomic E-state index is 0.117. The van der Waals surface area contributed by atoms with Crippen molar-refractivity contribution in [3.8, 4) is 5.75 Å². The van der Waals surface area contributed by atoms with Gasteiger partial charge in [-0.1, -0.05) is 42.5 Å². The molecule has 0 atom stereocenters. The first kappa shape index (κ1) is 21.1. The van der Waals surface area contributed by atoms with Crippen molar-refractivity contribution in [2.24, 2.45) is 7.05 Å². The molecular weight excluding hydrogens is 380 g/mol. The number of amides is 2. The molecule has 7 nitrogen and oxygen atoms in total. The van der Waals surface area contributed by atoms with Gasteiger partial charge in [0.25, 0.3) is 5.91 Å². The maximum absolute atomic E-state index is 12.4. The summed E-state index contributed by atoms with van der Waals surface area (Å²) in [6.07, 6.45) is 1.72. The van der Waals surface area contributed by atoms with Crippen molar-refractivity contribution in [3.63, 3.8) is 0 Å². The van der Waals surface area contributed by atoms with Gasteiger partial charge in [-0.25, -0.2) is 0 Å². The normalized spacial score (nSPS) is 10.5. The zero-order valence-corrected chi connectivity index (χ0v) is 17.2. The third kappa shape index (κ3) is 5.94. The lowest BCUT2D eigenvalue weighted by atomic mass is 10.1. The Morgan fingerprint density at radius 1 is 1.00 bits per heavy atom. The first-order valence-electron chi connectivity index (χ1n) is 9.84. The van der Waals surface area contributed by atoms with E-state index in [0.29, 0.717) is 31.6 Å². The highest BCUT2D eigenvalue weighted by Gasteiger charge is 2.14. The van der Waals surface area contributed by atoms with E-state index in [1.54, 1.807) is 20.2 Å². The van der Waals surface area contributed by atoms with E-state index in [9.17, 15) is 9.59 Å². The van der Waals surface area contributed by atoms with Crippen molar-refractivity contribution in [3.05, 3.63) is 77.5 Å². The summed E-state index contributed by atoms with van der Waals surface area (Å²) < 4.78 is 6.64. The highest BCUT2D eigenvalue weighted by molar-refractivity contribution is 5.95. The number of aryl methyl sites for hydroxylation is 2. The summed E-state index contributed by atoms with van der Waals surface area (Å²) in [6.45, 7) is 0.487. The van der Waals surface area contributed by atoms with Gasteiger partial charge in [-0.2, -0.15) is 5.10 Å². The van der Waals surface area contributed by atoms with Crippen molar-refractivity contribution >= 4 is 17.6 Å². The first-order chi connectivity index (χ1) is 14.5. The fourth-order valence-electron chi connectivity index (χ4n) is 3.01. The van der Waals surface area contributed by atoms with Crippen LogP contribution in [0.3, 0.4) is 0 Å². The molecule has 0 aliphatic heterocycles. The van der Waals surface area contributed by atoms with E-state index in [1.807, 2.05) is 54.6 Å². The number of hydrogen-bond donors (Lipinski definition) is 2. The molecule has 0 spiro atoms. The van der Waals surface area contributed by atoms with Gasteiger partial charge in [0, 0.05) is 26.1 Å². The topological polar surface area (TPSA) is 85.3 Å². The number of carbonyl (C=O) groups excluding carboxylic acids is 2. The van der Waals surface area contributed by atoms with E-state index in [1.165, 1.54) is 4.68 Å². The van der Waals surface area contributed by atoms with Crippen molar-refractivity contribution < 1.29 is 14.3 Å². The minimum atomic E-state index is -0.274. The van der Waals surface area contributed by atoms with Gasteiger partial charge in [0.05, 0.1) is 7.11 Å². The van der Waals surface area contributed by atoms with Crippen LogP contribution in [0.5, 0.6) is 5.75 Å². The largest absolute Gasteiger partial charge is 0.497 e. The number of ether oxygens (including phenoxy) is 1. The van der Waals surface area contributed by atoms with E-state index >= 15 is 0 Å². The van der Waals surface area contributed by atoms with Crippen LogP contribution < -0.4 is 15.4 Å². The number of rotatable bonds is 9. The molecule has 156 valence electrons. The van der Waals surface area contributed by atoms with Gasteiger partial charge in [0.1, 0.15) is 11.6 Å². The molecule has 7 heteroatoms. The number of nitrogens with one attached hydrogen (secondary N) is 2. The molecule has 0 fully saturated rings. The highest BCUT2D eigenvalue weighted by atomic mass is 16.5. The van der Waals surface area contributed by atoms with Crippen LogP contribution >= 0.6 is 0 Å². The van der Waals surface area contributed by atoms with Gasteiger partial charge in [0.2, 0.25) is 5.91 Å². The Balaban J connectivity index is 1.47. The molecule has 1 heterocycles. The van der Waals surface area contributed by atoms with E-state index < -0.39 is 0 Å². The lowest BCUT2D eigenvalue weighted by Gasteiger charge is -2.05. The predicted molar refractivity (Wildman–Crippen MR) is 116 cm³/mol. The number of nitrogens with zero attached hydrogens (tertiary/aromatic N) is 2. The van der Waals surface area contributed by atoms with Crippen LogP contribution in [0.15, 0.2) is 60.7 Å². The maximum atomic E-state index is 12.4. The Morgan fingerprint density at radius 3 is 2.40 bits per heavy atom. The van der Waals surface area contributed by atoms with Gasteiger partial charge in [-0.3, -0.25) is 14.3 Å². The van der Waals surface area contributed by atoms with Crippen LogP contribution in [0.2, 0.25) is 0 Å². The molecule has 0 saturated heterocycles. The van der Waals surface area contributed by atoms with E-state index in [-0.39, 0.29) is 17.5 Å². The van der Waals surface area contributed by atoms with Gasteiger partial charge in [-0.05, 0) is 36.1 Å². The van der Waals surface area contributed by atoms with Crippen LogP contribution in [-0.4, -0.2) is 35.2 Å². The summed E-state index contributed by atoms with van der Waals surface area (Å²) in [5.41, 5.74) is 2.48. The minimum Gasteiger partial charge on any atom is -0.497 e. The number of benzene rings is 2. The number of anilines is 1. The zero-order chi connectivity index (χ0) is 21.3. The van der Waals surface area contributed by atoms with E-state index in [0.717, 1.165) is 16.9 Å². The molecule has 2 amide bonds. The van der Waals surface area contributed by atoms with Crippen molar-refractivity contribution in [2.75, 3.05) is 19.0 Å². The van der Waals surface area contributed by atoms with Gasteiger partial charge in [0.15, 0.2) is 5.69 Å². The molecule has 2 aromatic carbocycles. The predicted octanol–water partition coefficient (Wildman–Crippen LogP) is 2.97. The first-order valence-corrected chi connectivity index (χ1v) is 9.84. The Bertz CT molecular complexity index is 981. The van der Waals surface area contributed by atoms with Crippen molar-refractivity contribution in [1.29, 1.82) is 0 Å². The standard InChI is InChI=1S/C23H26N4O3/c1-27-21(25-22(28)13-10-17-6-4-3-5-7-17)16-20(26-27)23(29)24-15-14-18-8-11-19(30-2)12-9-18/h3-9,11-12,16H,10,13-15H2,1-2H3,(H,24,29)(H,25,28). The average Bonchev–Trinajstić information content (AvgIpc) is 3.13. The molecule has 0 bridgehead atoms. The SMILES string of the molecule is COc1ccc(CCNC(=O)c2cc(NC(=O)CCc3ccccc3)n(C)n2)cc1. The lowest BCUT2D eigenvalue weighted by Crippen LogP contribution is -2.26. The van der Waals surface area contributed by atoms with Crippen LogP contribution in [0, 0.1) is 0 Å². The molecule has 0 aliphatic carbocycles. The lowest BCUT2D eigenvalue weighted by molar-refractivity contribution is -0.116. The monoisotopic (exact) mass is 406 g/mol. The summed E-state index contributed by atoms with van der Waals surface area (Å²) in [6, 6.07) is 19.1. The maximum Gasteiger partial charge on any atom is 0.271 e. The average molecular weight is 406 g/mol. The third-order valence-electron chi connectivity index (χ3n) is 4.72.